The molecule has 1 aromatic carbocycles. The maximum absolute atomic E-state index is 13.3. The van der Waals surface area contributed by atoms with Crippen molar-refractivity contribution in [1.82, 2.24) is 14.8 Å². The number of aryl methyl sites for hydroxylation is 4. The van der Waals surface area contributed by atoms with E-state index in [1.807, 2.05) is 29.7 Å². The molecule has 1 N–H and O–H groups in total. The van der Waals surface area contributed by atoms with Crippen molar-refractivity contribution >= 4 is 17.5 Å². The molecule has 2 aliphatic rings. The molecular weight excluding hydrogens is 388 g/mol. The lowest BCUT2D eigenvalue weighted by Crippen LogP contribution is -2.53. The van der Waals surface area contributed by atoms with Gasteiger partial charge >= 0.3 is 0 Å². The van der Waals surface area contributed by atoms with Crippen LogP contribution in [0.1, 0.15) is 45.7 Å². The molecule has 31 heavy (non-hydrogen) atoms. The number of benzene rings is 1. The van der Waals surface area contributed by atoms with Gasteiger partial charge in [-0.15, -0.1) is 0 Å². The predicted octanol–water partition coefficient (Wildman–Crippen LogP) is 3.45. The van der Waals surface area contributed by atoms with E-state index in [0.717, 1.165) is 56.8 Å². The summed E-state index contributed by atoms with van der Waals surface area (Å²) >= 11 is 0. The Kier molecular flexibility index (Phi) is 6.08. The average molecular weight is 423 g/mol. The molecule has 2 saturated heterocycles. The van der Waals surface area contributed by atoms with Crippen molar-refractivity contribution in [2.45, 2.75) is 40.5 Å². The largest absolute Gasteiger partial charge is 0.368 e. The third-order valence-corrected chi connectivity index (χ3v) is 6.72. The van der Waals surface area contributed by atoms with Crippen LogP contribution in [0.15, 0.2) is 24.3 Å². The topological polar surface area (TPSA) is 59.6 Å². The highest BCUT2D eigenvalue weighted by Gasteiger charge is 2.33. The van der Waals surface area contributed by atoms with E-state index in [0.29, 0.717) is 12.2 Å². The summed E-state index contributed by atoms with van der Waals surface area (Å²) < 4.78 is 0. The lowest BCUT2D eigenvalue weighted by Gasteiger charge is -2.40. The van der Waals surface area contributed by atoms with Gasteiger partial charge in [-0.25, -0.2) is 0 Å². The van der Waals surface area contributed by atoms with Crippen molar-refractivity contribution in [2.24, 2.45) is 5.92 Å². The Morgan fingerprint density at radius 2 is 1.65 bits per heavy atom. The Balaban J connectivity index is 1.37. The summed E-state index contributed by atoms with van der Waals surface area (Å²) in [5, 5.41) is 0. The van der Waals surface area contributed by atoms with Crippen molar-refractivity contribution in [2.75, 3.05) is 44.2 Å². The molecule has 0 aliphatic carbocycles. The Morgan fingerprint density at radius 1 is 0.903 bits per heavy atom. The summed E-state index contributed by atoms with van der Waals surface area (Å²) in [4.78, 5) is 35.7. The monoisotopic (exact) mass is 422 g/mol. The van der Waals surface area contributed by atoms with Crippen LogP contribution in [0.4, 0.5) is 5.69 Å². The first-order chi connectivity index (χ1) is 14.8. The smallest absolute Gasteiger partial charge is 0.270 e. The Hall–Kier alpha value is -2.76. The summed E-state index contributed by atoms with van der Waals surface area (Å²) in [6.45, 7) is 12.6. The van der Waals surface area contributed by atoms with Crippen LogP contribution in [0.2, 0.25) is 0 Å². The molecule has 1 unspecified atom stereocenters. The number of aromatic amines is 1. The maximum atomic E-state index is 13.3. The number of piperidine rings is 1. The standard InChI is InChI=1S/C25H34N4O2/c1-17-7-8-18(2)22(14-17)27-10-12-28(13-11-27)24(30)21-6-5-9-29(16-21)25(31)23-19(3)15-20(4)26-23/h7-8,14-15,21,26H,5-6,9-13,16H2,1-4H3. The van der Waals surface area contributed by atoms with Crippen LogP contribution in [0, 0.1) is 33.6 Å². The van der Waals surface area contributed by atoms with Gasteiger partial charge in [0.1, 0.15) is 5.69 Å². The molecule has 0 spiro atoms. The van der Waals surface area contributed by atoms with Crippen LogP contribution in [-0.2, 0) is 4.79 Å². The van der Waals surface area contributed by atoms with E-state index in [4.69, 9.17) is 0 Å². The van der Waals surface area contributed by atoms with Gasteiger partial charge in [0, 0.05) is 50.6 Å². The lowest BCUT2D eigenvalue weighted by atomic mass is 9.95. The summed E-state index contributed by atoms with van der Waals surface area (Å²) in [5.74, 6) is 0.127. The van der Waals surface area contributed by atoms with Gasteiger partial charge < -0.3 is 19.7 Å². The number of hydrogen-bond acceptors (Lipinski definition) is 3. The van der Waals surface area contributed by atoms with Crippen LogP contribution in [0.5, 0.6) is 0 Å². The first-order valence-corrected chi connectivity index (χ1v) is 11.4. The van der Waals surface area contributed by atoms with Crippen LogP contribution >= 0.6 is 0 Å². The first-order valence-electron chi connectivity index (χ1n) is 11.4. The fourth-order valence-electron chi connectivity index (χ4n) is 4.96. The Morgan fingerprint density at radius 3 is 2.32 bits per heavy atom. The number of amides is 2. The molecule has 6 heteroatoms. The number of rotatable bonds is 3. The van der Waals surface area contributed by atoms with Crippen LogP contribution in [0.25, 0.3) is 0 Å². The molecule has 3 heterocycles. The minimum atomic E-state index is -0.0960. The second kappa shape index (κ2) is 8.77. The molecule has 2 amide bonds. The molecule has 2 fully saturated rings. The quantitative estimate of drug-likeness (QED) is 0.824. The number of nitrogens with one attached hydrogen (secondary N) is 1. The van der Waals surface area contributed by atoms with Crippen LogP contribution in [-0.4, -0.2) is 65.9 Å². The number of H-pyrrole nitrogens is 1. The number of carbonyl (C=O) groups excluding carboxylic acids is 2. The summed E-state index contributed by atoms with van der Waals surface area (Å²) in [5.41, 5.74) is 6.44. The van der Waals surface area contributed by atoms with Gasteiger partial charge in [0.05, 0.1) is 5.92 Å². The lowest BCUT2D eigenvalue weighted by molar-refractivity contribution is -0.137. The fourth-order valence-corrected chi connectivity index (χ4v) is 4.96. The molecule has 6 nitrogen and oxygen atoms in total. The molecule has 166 valence electrons. The van der Waals surface area contributed by atoms with Gasteiger partial charge in [-0.2, -0.15) is 0 Å². The third-order valence-electron chi connectivity index (χ3n) is 6.72. The maximum Gasteiger partial charge on any atom is 0.270 e. The molecule has 1 aromatic heterocycles. The van der Waals surface area contributed by atoms with Crippen molar-refractivity contribution in [3.63, 3.8) is 0 Å². The van der Waals surface area contributed by atoms with E-state index in [9.17, 15) is 9.59 Å². The zero-order valence-electron chi connectivity index (χ0n) is 19.2. The van der Waals surface area contributed by atoms with Gasteiger partial charge in [0.2, 0.25) is 5.91 Å². The highest BCUT2D eigenvalue weighted by Crippen LogP contribution is 2.25. The molecule has 4 rings (SSSR count). The second-order valence-electron chi connectivity index (χ2n) is 9.20. The highest BCUT2D eigenvalue weighted by molar-refractivity contribution is 5.94. The van der Waals surface area contributed by atoms with Gasteiger partial charge in [-0.05, 0) is 69.4 Å². The zero-order chi connectivity index (χ0) is 22.1. The minimum Gasteiger partial charge on any atom is -0.368 e. The minimum absolute atomic E-state index is 0.0165. The third kappa shape index (κ3) is 4.48. The number of nitrogens with zero attached hydrogens (tertiary/aromatic N) is 3. The molecular formula is C25H34N4O2. The number of carbonyl (C=O) groups is 2. The fraction of sp³-hybridized carbons (Fsp3) is 0.520. The number of likely N-dealkylation sites (tertiary alicyclic amines) is 1. The van der Waals surface area contributed by atoms with E-state index in [2.05, 4.69) is 41.9 Å². The Labute approximate surface area is 185 Å². The second-order valence-corrected chi connectivity index (χ2v) is 9.20. The number of anilines is 1. The average Bonchev–Trinajstić information content (AvgIpc) is 3.12. The predicted molar refractivity (Wildman–Crippen MR) is 124 cm³/mol. The summed E-state index contributed by atoms with van der Waals surface area (Å²) in [6.07, 6.45) is 1.74. The van der Waals surface area contributed by atoms with E-state index in [1.165, 1.54) is 16.8 Å². The molecule has 1 atom stereocenters. The van der Waals surface area contributed by atoms with Crippen molar-refractivity contribution in [3.05, 3.63) is 52.3 Å². The van der Waals surface area contributed by atoms with Crippen molar-refractivity contribution in [3.8, 4) is 0 Å². The van der Waals surface area contributed by atoms with Crippen LogP contribution < -0.4 is 4.90 Å². The molecule has 0 radical (unpaired) electrons. The Bertz CT molecular complexity index is 972. The normalized spacial score (nSPS) is 19.6. The van der Waals surface area contributed by atoms with Gasteiger partial charge in [-0.1, -0.05) is 12.1 Å². The van der Waals surface area contributed by atoms with Crippen molar-refractivity contribution < 1.29 is 9.59 Å². The summed E-state index contributed by atoms with van der Waals surface area (Å²) in [6, 6.07) is 8.55. The van der Waals surface area contributed by atoms with Crippen LogP contribution in [0.3, 0.4) is 0 Å². The van der Waals surface area contributed by atoms with Gasteiger partial charge in [0.15, 0.2) is 0 Å². The molecule has 2 aromatic rings. The number of piperazine rings is 1. The van der Waals surface area contributed by atoms with Gasteiger partial charge in [0.25, 0.3) is 5.91 Å². The molecule has 2 aliphatic heterocycles. The van der Waals surface area contributed by atoms with E-state index >= 15 is 0 Å². The zero-order valence-corrected chi connectivity index (χ0v) is 19.2. The molecule has 0 bridgehead atoms. The van der Waals surface area contributed by atoms with Crippen molar-refractivity contribution in [1.29, 1.82) is 0 Å². The SMILES string of the molecule is Cc1ccc(C)c(N2CCN(C(=O)C3CCCN(C(=O)c4[nH]c(C)cc4C)C3)CC2)c1. The molecule has 0 saturated carbocycles. The number of aromatic nitrogens is 1. The number of hydrogen-bond donors (Lipinski definition) is 1. The van der Waals surface area contributed by atoms with E-state index in [1.54, 1.807) is 0 Å². The van der Waals surface area contributed by atoms with Gasteiger partial charge in [-0.3, -0.25) is 9.59 Å². The van der Waals surface area contributed by atoms with E-state index < -0.39 is 0 Å². The highest BCUT2D eigenvalue weighted by atomic mass is 16.2. The summed E-state index contributed by atoms with van der Waals surface area (Å²) in [7, 11) is 0. The first kappa shape index (κ1) is 21.5. The van der Waals surface area contributed by atoms with E-state index in [-0.39, 0.29) is 17.7 Å².